The van der Waals surface area contributed by atoms with Crippen LogP contribution in [-0.4, -0.2) is 35.4 Å². The second kappa shape index (κ2) is 10.2. The third kappa shape index (κ3) is 6.15. The van der Waals surface area contributed by atoms with E-state index in [0.29, 0.717) is 5.69 Å². The second-order valence-electron chi connectivity index (χ2n) is 5.36. The molecule has 0 unspecified atom stereocenters. The molecule has 0 aliphatic rings. The van der Waals surface area contributed by atoms with Crippen molar-refractivity contribution >= 4 is 11.6 Å². The maximum atomic E-state index is 12.5. The number of unbranched alkanes of at least 4 members (excludes halogenated alkanes) is 2. The summed E-state index contributed by atoms with van der Waals surface area (Å²) in [5.74, 6) is 0.0379. The smallest absolute Gasteiger partial charge is 0.272 e. The molecule has 0 atom stereocenters. The summed E-state index contributed by atoms with van der Waals surface area (Å²) in [6, 6.07) is 3.79. The second-order valence-corrected chi connectivity index (χ2v) is 5.36. The number of nitrogens with zero attached hydrogens (tertiary/aromatic N) is 2. The van der Waals surface area contributed by atoms with Crippen LogP contribution in [0.3, 0.4) is 0 Å². The van der Waals surface area contributed by atoms with E-state index in [1.54, 1.807) is 6.20 Å². The van der Waals surface area contributed by atoms with Gasteiger partial charge < -0.3 is 10.2 Å². The van der Waals surface area contributed by atoms with Crippen molar-refractivity contribution in [3.8, 4) is 0 Å². The van der Waals surface area contributed by atoms with E-state index in [2.05, 4.69) is 31.1 Å². The van der Waals surface area contributed by atoms with Crippen molar-refractivity contribution in [2.45, 2.75) is 52.9 Å². The lowest BCUT2D eigenvalue weighted by Crippen LogP contribution is -2.33. The predicted molar refractivity (Wildman–Crippen MR) is 88.7 cm³/mol. The Hall–Kier alpha value is -1.58. The first kappa shape index (κ1) is 17.5. The van der Waals surface area contributed by atoms with Crippen LogP contribution in [0, 0.1) is 0 Å². The Morgan fingerprint density at radius 1 is 1.14 bits per heavy atom. The first-order chi connectivity index (χ1) is 10.2. The van der Waals surface area contributed by atoms with E-state index in [4.69, 9.17) is 0 Å². The summed E-state index contributed by atoms with van der Waals surface area (Å²) in [6.07, 6.45) is 7.25. The Morgan fingerprint density at radius 2 is 1.86 bits per heavy atom. The van der Waals surface area contributed by atoms with Crippen molar-refractivity contribution in [2.24, 2.45) is 0 Å². The van der Waals surface area contributed by atoms with Crippen molar-refractivity contribution in [1.82, 2.24) is 9.88 Å². The van der Waals surface area contributed by atoms with Crippen molar-refractivity contribution in [3.63, 3.8) is 0 Å². The first-order valence-corrected chi connectivity index (χ1v) is 8.22. The van der Waals surface area contributed by atoms with Crippen molar-refractivity contribution in [2.75, 3.05) is 25.0 Å². The van der Waals surface area contributed by atoms with E-state index >= 15 is 0 Å². The van der Waals surface area contributed by atoms with Crippen LogP contribution in [0.2, 0.25) is 0 Å². The van der Waals surface area contributed by atoms with Crippen LogP contribution in [0.5, 0.6) is 0 Å². The lowest BCUT2D eigenvalue weighted by atomic mass is 10.2. The van der Waals surface area contributed by atoms with Gasteiger partial charge in [-0.3, -0.25) is 9.78 Å². The minimum Gasteiger partial charge on any atom is -0.385 e. The lowest BCUT2D eigenvalue weighted by molar-refractivity contribution is 0.0749. The highest BCUT2D eigenvalue weighted by atomic mass is 16.2. The fourth-order valence-corrected chi connectivity index (χ4v) is 2.28. The molecule has 0 bridgehead atoms. The molecular formula is C17H29N3O. The molecule has 0 aliphatic carbocycles. The maximum Gasteiger partial charge on any atom is 0.272 e. The lowest BCUT2D eigenvalue weighted by Gasteiger charge is -2.21. The third-order valence-corrected chi connectivity index (χ3v) is 3.36. The Bertz CT molecular complexity index is 414. The summed E-state index contributed by atoms with van der Waals surface area (Å²) < 4.78 is 0. The van der Waals surface area contributed by atoms with E-state index in [1.807, 2.05) is 17.0 Å². The molecule has 1 N–H and O–H groups in total. The van der Waals surface area contributed by atoms with Crippen LogP contribution in [-0.2, 0) is 0 Å². The van der Waals surface area contributed by atoms with Gasteiger partial charge in [-0.05, 0) is 31.4 Å². The highest BCUT2D eigenvalue weighted by molar-refractivity contribution is 5.93. The molecule has 0 aliphatic heterocycles. The average molecular weight is 291 g/mol. The Labute approximate surface area is 129 Å². The number of aromatic nitrogens is 1. The number of hydrogen-bond acceptors (Lipinski definition) is 3. The van der Waals surface area contributed by atoms with Crippen molar-refractivity contribution in [3.05, 3.63) is 24.0 Å². The van der Waals surface area contributed by atoms with Gasteiger partial charge in [0.25, 0.3) is 5.91 Å². The zero-order valence-electron chi connectivity index (χ0n) is 13.7. The Morgan fingerprint density at radius 3 is 2.48 bits per heavy atom. The first-order valence-electron chi connectivity index (χ1n) is 8.22. The molecule has 4 nitrogen and oxygen atoms in total. The highest BCUT2D eigenvalue weighted by Gasteiger charge is 2.15. The van der Waals surface area contributed by atoms with Gasteiger partial charge in [0.1, 0.15) is 5.69 Å². The normalized spacial score (nSPS) is 10.4. The van der Waals surface area contributed by atoms with Crippen molar-refractivity contribution < 1.29 is 4.79 Å². The molecule has 0 saturated carbocycles. The minimum atomic E-state index is 0.0379. The van der Waals surface area contributed by atoms with E-state index < -0.39 is 0 Å². The molecule has 1 amide bonds. The monoisotopic (exact) mass is 291 g/mol. The summed E-state index contributed by atoms with van der Waals surface area (Å²) in [7, 11) is 0. The standard InChI is InChI=1S/C17H29N3O/c1-4-7-8-10-18-15-9-11-19-16(14-15)17(21)20(12-5-2)13-6-3/h9,11,14H,4-8,10,12-13H2,1-3H3,(H,18,19). The van der Waals surface area contributed by atoms with E-state index in [9.17, 15) is 4.79 Å². The molecule has 0 saturated heterocycles. The molecule has 1 aromatic rings. The maximum absolute atomic E-state index is 12.5. The van der Waals surface area contributed by atoms with Crippen molar-refractivity contribution in [1.29, 1.82) is 0 Å². The van der Waals surface area contributed by atoms with Gasteiger partial charge in [0, 0.05) is 31.5 Å². The number of hydrogen-bond donors (Lipinski definition) is 1. The molecule has 0 aromatic carbocycles. The van der Waals surface area contributed by atoms with E-state index in [-0.39, 0.29) is 5.91 Å². The van der Waals surface area contributed by atoms with Gasteiger partial charge >= 0.3 is 0 Å². The zero-order chi connectivity index (χ0) is 15.5. The molecule has 1 heterocycles. The minimum absolute atomic E-state index is 0.0379. The molecule has 118 valence electrons. The summed E-state index contributed by atoms with van der Waals surface area (Å²) in [6.45, 7) is 8.91. The van der Waals surface area contributed by atoms with Gasteiger partial charge in [-0.1, -0.05) is 33.6 Å². The number of pyridine rings is 1. The van der Waals surface area contributed by atoms with E-state index in [0.717, 1.165) is 44.6 Å². The number of amides is 1. The quantitative estimate of drug-likeness (QED) is 0.664. The van der Waals surface area contributed by atoms with Crippen LogP contribution in [0.4, 0.5) is 5.69 Å². The Balaban J connectivity index is 2.66. The number of rotatable bonds is 10. The molecular weight excluding hydrogens is 262 g/mol. The van der Waals surface area contributed by atoms with E-state index in [1.165, 1.54) is 12.8 Å². The van der Waals surface area contributed by atoms with Crippen LogP contribution in [0.15, 0.2) is 18.3 Å². The predicted octanol–water partition coefficient (Wildman–Crippen LogP) is 3.95. The molecule has 0 fully saturated rings. The summed E-state index contributed by atoms with van der Waals surface area (Å²) >= 11 is 0. The summed E-state index contributed by atoms with van der Waals surface area (Å²) in [4.78, 5) is 18.6. The fourth-order valence-electron chi connectivity index (χ4n) is 2.28. The average Bonchev–Trinajstić information content (AvgIpc) is 2.51. The van der Waals surface area contributed by atoms with Gasteiger partial charge in [0.05, 0.1) is 0 Å². The van der Waals surface area contributed by atoms with Gasteiger partial charge in [-0.2, -0.15) is 0 Å². The molecule has 4 heteroatoms. The fraction of sp³-hybridized carbons (Fsp3) is 0.647. The van der Waals surface area contributed by atoms with Crippen LogP contribution >= 0.6 is 0 Å². The SMILES string of the molecule is CCCCCNc1ccnc(C(=O)N(CCC)CCC)c1. The number of carbonyl (C=O) groups excluding carboxylic acids is 1. The largest absolute Gasteiger partial charge is 0.385 e. The molecule has 21 heavy (non-hydrogen) atoms. The summed E-state index contributed by atoms with van der Waals surface area (Å²) in [5.41, 5.74) is 1.52. The topological polar surface area (TPSA) is 45.2 Å². The number of carbonyl (C=O) groups is 1. The van der Waals surface area contributed by atoms with Gasteiger partial charge in [0.15, 0.2) is 0 Å². The summed E-state index contributed by atoms with van der Waals surface area (Å²) in [5, 5.41) is 3.37. The zero-order valence-corrected chi connectivity index (χ0v) is 13.7. The van der Waals surface area contributed by atoms with Crippen LogP contribution < -0.4 is 5.32 Å². The van der Waals surface area contributed by atoms with Gasteiger partial charge in [0.2, 0.25) is 0 Å². The third-order valence-electron chi connectivity index (χ3n) is 3.36. The van der Waals surface area contributed by atoms with Crippen LogP contribution in [0.1, 0.15) is 63.4 Å². The number of anilines is 1. The number of nitrogens with one attached hydrogen (secondary N) is 1. The molecule has 0 radical (unpaired) electrons. The molecule has 1 aromatic heterocycles. The van der Waals surface area contributed by atoms with Gasteiger partial charge in [-0.15, -0.1) is 0 Å². The van der Waals surface area contributed by atoms with Crippen LogP contribution in [0.25, 0.3) is 0 Å². The highest BCUT2D eigenvalue weighted by Crippen LogP contribution is 2.11. The Kier molecular flexibility index (Phi) is 8.48. The molecule has 1 rings (SSSR count). The van der Waals surface area contributed by atoms with Gasteiger partial charge in [-0.25, -0.2) is 0 Å². The molecule has 0 spiro atoms.